The van der Waals surface area contributed by atoms with Crippen LogP contribution in [-0.2, 0) is 4.79 Å². The Kier molecular flexibility index (Phi) is 4.45. The summed E-state index contributed by atoms with van der Waals surface area (Å²) in [4.78, 5) is 13.2. The summed E-state index contributed by atoms with van der Waals surface area (Å²) in [5.41, 5.74) is 5.90. The number of hydrogen-bond donors (Lipinski definition) is 1. The van der Waals surface area contributed by atoms with E-state index in [0.29, 0.717) is 5.69 Å². The molecule has 5 heteroatoms. The van der Waals surface area contributed by atoms with Gasteiger partial charge in [0.25, 0.3) is 0 Å². The normalized spacial score (nSPS) is 12.1. The fraction of sp³-hybridized carbons (Fsp3) is 0.417. The van der Waals surface area contributed by atoms with Gasteiger partial charge < -0.3 is 15.4 Å². The molecule has 94 valence electrons. The third kappa shape index (κ3) is 2.94. The second-order valence-corrected chi connectivity index (χ2v) is 3.85. The van der Waals surface area contributed by atoms with Crippen molar-refractivity contribution in [2.24, 2.45) is 11.7 Å². The Balaban J connectivity index is 2.93. The number of carbonyl (C=O) groups is 1. The van der Waals surface area contributed by atoms with Crippen LogP contribution in [0.3, 0.4) is 0 Å². The predicted molar refractivity (Wildman–Crippen MR) is 64.6 cm³/mol. The Labute approximate surface area is 100 Å². The van der Waals surface area contributed by atoms with Crippen LogP contribution in [0.15, 0.2) is 18.2 Å². The highest BCUT2D eigenvalue weighted by atomic mass is 19.1. The largest absolute Gasteiger partial charge is 0.494 e. The first-order chi connectivity index (χ1) is 8.01. The van der Waals surface area contributed by atoms with Gasteiger partial charge in [-0.2, -0.15) is 0 Å². The van der Waals surface area contributed by atoms with Crippen LogP contribution in [0.4, 0.5) is 10.1 Å². The van der Waals surface area contributed by atoms with E-state index in [1.165, 1.54) is 24.1 Å². The molecule has 1 amide bonds. The van der Waals surface area contributed by atoms with Gasteiger partial charge in [-0.3, -0.25) is 4.79 Å². The number of benzene rings is 1. The minimum atomic E-state index is -0.495. The van der Waals surface area contributed by atoms with E-state index in [4.69, 9.17) is 10.5 Å². The Hall–Kier alpha value is -1.62. The molecule has 17 heavy (non-hydrogen) atoms. The van der Waals surface area contributed by atoms with Crippen molar-refractivity contribution >= 4 is 11.6 Å². The second-order valence-electron chi connectivity index (χ2n) is 3.85. The van der Waals surface area contributed by atoms with Gasteiger partial charge in [-0.05, 0) is 12.1 Å². The number of nitrogens with two attached hydrogens (primary N) is 1. The van der Waals surface area contributed by atoms with Crippen LogP contribution >= 0.6 is 0 Å². The minimum Gasteiger partial charge on any atom is -0.494 e. The molecule has 1 unspecified atom stereocenters. The SMILES string of the molecule is COc1ccc(N(C)C(=O)C(C)CN)cc1F. The number of carbonyl (C=O) groups excluding carboxylic acids is 1. The average molecular weight is 240 g/mol. The first-order valence-corrected chi connectivity index (χ1v) is 5.32. The van der Waals surface area contributed by atoms with E-state index in [1.807, 2.05) is 0 Å². The lowest BCUT2D eigenvalue weighted by Crippen LogP contribution is -2.35. The summed E-state index contributed by atoms with van der Waals surface area (Å²) in [6.45, 7) is 2.00. The molecule has 0 saturated heterocycles. The number of amides is 1. The average Bonchev–Trinajstić information content (AvgIpc) is 2.35. The molecular weight excluding hydrogens is 223 g/mol. The molecule has 0 fully saturated rings. The molecule has 1 aromatic carbocycles. The van der Waals surface area contributed by atoms with Crippen molar-refractivity contribution in [1.29, 1.82) is 0 Å². The lowest BCUT2D eigenvalue weighted by molar-refractivity contribution is -0.121. The monoisotopic (exact) mass is 240 g/mol. The molecule has 0 spiro atoms. The molecule has 1 rings (SSSR count). The Morgan fingerprint density at radius 1 is 1.59 bits per heavy atom. The summed E-state index contributed by atoms with van der Waals surface area (Å²) in [6, 6.07) is 4.38. The van der Waals surface area contributed by atoms with Gasteiger partial charge >= 0.3 is 0 Å². The zero-order valence-corrected chi connectivity index (χ0v) is 10.2. The molecule has 0 aromatic heterocycles. The molecule has 0 bridgehead atoms. The standard InChI is InChI=1S/C12H17FN2O2/c1-8(7-14)12(16)15(2)9-4-5-11(17-3)10(13)6-9/h4-6,8H,7,14H2,1-3H3. The lowest BCUT2D eigenvalue weighted by atomic mass is 10.1. The van der Waals surface area contributed by atoms with Crippen LogP contribution in [0.2, 0.25) is 0 Å². The van der Waals surface area contributed by atoms with Crippen LogP contribution in [-0.4, -0.2) is 26.6 Å². The summed E-state index contributed by atoms with van der Waals surface area (Å²) in [5, 5.41) is 0. The van der Waals surface area contributed by atoms with E-state index in [-0.39, 0.29) is 24.1 Å². The maximum atomic E-state index is 13.5. The number of rotatable bonds is 4. The van der Waals surface area contributed by atoms with E-state index >= 15 is 0 Å². The Morgan fingerprint density at radius 2 is 2.24 bits per heavy atom. The molecule has 0 aliphatic heterocycles. The second kappa shape index (κ2) is 5.63. The maximum absolute atomic E-state index is 13.5. The Morgan fingerprint density at radius 3 is 2.71 bits per heavy atom. The van der Waals surface area contributed by atoms with Gasteiger partial charge in [0.15, 0.2) is 11.6 Å². The summed E-state index contributed by atoms with van der Waals surface area (Å²) in [7, 11) is 2.99. The third-order valence-electron chi connectivity index (χ3n) is 2.63. The van der Waals surface area contributed by atoms with Gasteiger partial charge in [-0.15, -0.1) is 0 Å². The van der Waals surface area contributed by atoms with Gasteiger partial charge in [-0.25, -0.2) is 4.39 Å². The molecule has 0 aliphatic rings. The van der Waals surface area contributed by atoms with Gasteiger partial charge in [0, 0.05) is 31.3 Å². The smallest absolute Gasteiger partial charge is 0.230 e. The highest BCUT2D eigenvalue weighted by molar-refractivity contribution is 5.94. The lowest BCUT2D eigenvalue weighted by Gasteiger charge is -2.21. The zero-order chi connectivity index (χ0) is 13.0. The summed E-state index contributed by atoms with van der Waals surface area (Å²) in [6.07, 6.45) is 0. The van der Waals surface area contributed by atoms with Crippen molar-refractivity contribution in [3.05, 3.63) is 24.0 Å². The van der Waals surface area contributed by atoms with Crippen LogP contribution in [0.5, 0.6) is 5.75 Å². The van der Waals surface area contributed by atoms with E-state index in [0.717, 1.165) is 0 Å². The topological polar surface area (TPSA) is 55.6 Å². The van der Waals surface area contributed by atoms with E-state index in [9.17, 15) is 9.18 Å². The fourth-order valence-electron chi connectivity index (χ4n) is 1.42. The third-order valence-corrected chi connectivity index (χ3v) is 2.63. The minimum absolute atomic E-state index is 0.142. The molecule has 0 heterocycles. The molecule has 1 aromatic rings. The highest BCUT2D eigenvalue weighted by Crippen LogP contribution is 2.23. The van der Waals surface area contributed by atoms with E-state index in [1.54, 1.807) is 20.0 Å². The van der Waals surface area contributed by atoms with Crippen molar-refractivity contribution in [1.82, 2.24) is 0 Å². The Bertz CT molecular complexity index is 409. The van der Waals surface area contributed by atoms with E-state index in [2.05, 4.69) is 0 Å². The molecular formula is C12H17FN2O2. The number of methoxy groups -OCH3 is 1. The maximum Gasteiger partial charge on any atom is 0.230 e. The van der Waals surface area contributed by atoms with Gasteiger partial charge in [-0.1, -0.05) is 6.92 Å². The number of nitrogens with zero attached hydrogens (tertiary/aromatic N) is 1. The van der Waals surface area contributed by atoms with Crippen LogP contribution < -0.4 is 15.4 Å². The number of hydrogen-bond acceptors (Lipinski definition) is 3. The van der Waals surface area contributed by atoms with Crippen LogP contribution in [0, 0.1) is 11.7 Å². The molecule has 0 saturated carbocycles. The molecule has 4 nitrogen and oxygen atoms in total. The van der Waals surface area contributed by atoms with Crippen molar-refractivity contribution in [2.45, 2.75) is 6.92 Å². The van der Waals surface area contributed by atoms with Crippen LogP contribution in [0.1, 0.15) is 6.92 Å². The van der Waals surface area contributed by atoms with Gasteiger partial charge in [0.05, 0.1) is 7.11 Å². The zero-order valence-electron chi connectivity index (χ0n) is 10.2. The van der Waals surface area contributed by atoms with Gasteiger partial charge in [0.2, 0.25) is 5.91 Å². The van der Waals surface area contributed by atoms with Gasteiger partial charge in [0.1, 0.15) is 0 Å². The highest BCUT2D eigenvalue weighted by Gasteiger charge is 2.18. The number of anilines is 1. The first-order valence-electron chi connectivity index (χ1n) is 5.32. The summed E-state index contributed by atoms with van der Waals surface area (Å²) in [5.74, 6) is -0.770. The van der Waals surface area contributed by atoms with Crippen molar-refractivity contribution in [2.75, 3.05) is 25.6 Å². The molecule has 0 radical (unpaired) electrons. The van der Waals surface area contributed by atoms with Crippen LogP contribution in [0.25, 0.3) is 0 Å². The molecule has 0 aliphatic carbocycles. The summed E-state index contributed by atoms with van der Waals surface area (Å²) < 4.78 is 18.3. The molecule has 1 atom stereocenters. The fourth-order valence-corrected chi connectivity index (χ4v) is 1.42. The molecule has 2 N–H and O–H groups in total. The van der Waals surface area contributed by atoms with Crippen molar-refractivity contribution < 1.29 is 13.9 Å². The number of halogens is 1. The predicted octanol–water partition coefficient (Wildman–Crippen LogP) is 1.39. The summed E-state index contributed by atoms with van der Waals surface area (Å²) >= 11 is 0. The van der Waals surface area contributed by atoms with E-state index < -0.39 is 5.82 Å². The number of ether oxygens (including phenoxy) is 1. The quantitative estimate of drug-likeness (QED) is 0.865. The van der Waals surface area contributed by atoms with Crippen molar-refractivity contribution in [3.8, 4) is 5.75 Å². The first kappa shape index (κ1) is 13.4. The van der Waals surface area contributed by atoms with Crippen molar-refractivity contribution in [3.63, 3.8) is 0 Å².